The minimum Gasteiger partial charge on any atom is -0.376 e. The third-order valence-corrected chi connectivity index (χ3v) is 4.06. The molecule has 0 bridgehead atoms. The van der Waals surface area contributed by atoms with Gasteiger partial charge in [-0.05, 0) is 48.0 Å². The minimum atomic E-state index is -0.225. The van der Waals surface area contributed by atoms with E-state index in [0.717, 1.165) is 30.2 Å². The van der Waals surface area contributed by atoms with E-state index >= 15 is 0 Å². The summed E-state index contributed by atoms with van der Waals surface area (Å²) in [5.41, 5.74) is 5.91. The molecule has 2 aromatic rings. The second-order valence-corrected chi connectivity index (χ2v) is 5.89. The highest BCUT2D eigenvalue weighted by Gasteiger charge is 2.15. The van der Waals surface area contributed by atoms with Gasteiger partial charge in [0, 0.05) is 18.7 Å². The maximum Gasteiger partial charge on any atom is 0.269 e. The van der Waals surface area contributed by atoms with Crippen molar-refractivity contribution in [1.82, 2.24) is 16.2 Å². The van der Waals surface area contributed by atoms with Crippen LogP contribution in [0.25, 0.3) is 10.8 Å². The van der Waals surface area contributed by atoms with E-state index < -0.39 is 0 Å². The van der Waals surface area contributed by atoms with Crippen LogP contribution in [-0.2, 0) is 4.74 Å². The molecular weight excluding hydrogens is 310 g/mol. The fourth-order valence-corrected chi connectivity index (χ4v) is 2.71. The summed E-state index contributed by atoms with van der Waals surface area (Å²) in [7, 11) is 0. The van der Waals surface area contributed by atoms with E-state index in [9.17, 15) is 4.79 Å². The molecule has 0 spiro atoms. The van der Waals surface area contributed by atoms with Crippen LogP contribution in [0, 0.1) is 0 Å². The molecule has 1 saturated heterocycles. The van der Waals surface area contributed by atoms with Crippen LogP contribution < -0.4 is 16.2 Å². The molecule has 1 atom stereocenters. The average molecular weight is 329 g/mol. The van der Waals surface area contributed by atoms with Gasteiger partial charge in [-0.15, -0.1) is 0 Å². The fourth-order valence-electron chi connectivity index (χ4n) is 2.57. The largest absolute Gasteiger partial charge is 0.376 e. The molecular formula is C17H19N3O2S. The third-order valence-electron chi connectivity index (χ3n) is 3.82. The quantitative estimate of drug-likeness (QED) is 0.595. The highest BCUT2D eigenvalue weighted by molar-refractivity contribution is 7.80. The lowest BCUT2D eigenvalue weighted by Crippen LogP contribution is -2.48. The summed E-state index contributed by atoms with van der Waals surface area (Å²) in [6.45, 7) is 1.46. The van der Waals surface area contributed by atoms with Crippen LogP contribution in [-0.4, -0.2) is 30.3 Å². The normalized spacial score (nSPS) is 17.0. The molecule has 0 unspecified atom stereocenters. The van der Waals surface area contributed by atoms with Gasteiger partial charge in [0.15, 0.2) is 5.11 Å². The predicted molar refractivity (Wildman–Crippen MR) is 94.1 cm³/mol. The van der Waals surface area contributed by atoms with E-state index in [1.54, 1.807) is 6.07 Å². The number of hydrogen-bond acceptors (Lipinski definition) is 3. The Morgan fingerprint density at radius 2 is 2.00 bits per heavy atom. The van der Waals surface area contributed by atoms with Gasteiger partial charge in [0.05, 0.1) is 6.10 Å². The number of benzene rings is 2. The Bertz CT molecular complexity index is 714. The molecule has 0 aromatic heterocycles. The SMILES string of the molecule is O=C(NNC(=S)NC[C@@H]1CCCO1)c1ccc2ccccc2c1. The van der Waals surface area contributed by atoms with Crippen LogP contribution in [0.15, 0.2) is 42.5 Å². The molecule has 0 aliphatic carbocycles. The smallest absolute Gasteiger partial charge is 0.269 e. The van der Waals surface area contributed by atoms with Crippen LogP contribution >= 0.6 is 12.2 Å². The monoisotopic (exact) mass is 329 g/mol. The van der Waals surface area contributed by atoms with E-state index in [4.69, 9.17) is 17.0 Å². The summed E-state index contributed by atoms with van der Waals surface area (Å²) in [4.78, 5) is 12.2. The topological polar surface area (TPSA) is 62.4 Å². The summed E-state index contributed by atoms with van der Waals surface area (Å²) in [5.74, 6) is -0.225. The number of carbonyl (C=O) groups is 1. The van der Waals surface area contributed by atoms with Crippen molar-refractivity contribution in [3.63, 3.8) is 0 Å². The van der Waals surface area contributed by atoms with E-state index in [2.05, 4.69) is 16.2 Å². The zero-order valence-electron chi connectivity index (χ0n) is 12.7. The Morgan fingerprint density at radius 1 is 1.17 bits per heavy atom. The van der Waals surface area contributed by atoms with Gasteiger partial charge in [-0.3, -0.25) is 15.6 Å². The number of rotatable bonds is 3. The molecule has 0 saturated carbocycles. The van der Waals surface area contributed by atoms with Crippen molar-refractivity contribution in [2.24, 2.45) is 0 Å². The van der Waals surface area contributed by atoms with Gasteiger partial charge in [0.25, 0.3) is 5.91 Å². The Balaban J connectivity index is 1.50. The predicted octanol–water partition coefficient (Wildman–Crippen LogP) is 2.13. The summed E-state index contributed by atoms with van der Waals surface area (Å²) < 4.78 is 5.50. The van der Waals surface area contributed by atoms with Crippen molar-refractivity contribution in [3.05, 3.63) is 48.0 Å². The summed E-state index contributed by atoms with van der Waals surface area (Å²) >= 11 is 5.14. The van der Waals surface area contributed by atoms with Gasteiger partial charge in [-0.2, -0.15) is 0 Å². The lowest BCUT2D eigenvalue weighted by molar-refractivity contribution is 0.0943. The Labute approximate surface area is 140 Å². The Kier molecular flexibility index (Phi) is 5.05. The van der Waals surface area contributed by atoms with Gasteiger partial charge >= 0.3 is 0 Å². The van der Waals surface area contributed by atoms with Crippen LogP contribution in [0.2, 0.25) is 0 Å². The second-order valence-electron chi connectivity index (χ2n) is 5.49. The molecule has 3 N–H and O–H groups in total. The first-order valence-electron chi connectivity index (χ1n) is 7.67. The zero-order valence-corrected chi connectivity index (χ0v) is 13.5. The van der Waals surface area contributed by atoms with Gasteiger partial charge in [-0.25, -0.2) is 0 Å². The Hall–Kier alpha value is -2.18. The molecule has 1 amide bonds. The molecule has 6 heteroatoms. The molecule has 23 heavy (non-hydrogen) atoms. The summed E-state index contributed by atoms with van der Waals surface area (Å²) in [5, 5.41) is 5.56. The number of hydrazine groups is 1. The van der Waals surface area contributed by atoms with Gasteiger partial charge in [0.1, 0.15) is 0 Å². The van der Waals surface area contributed by atoms with Crippen molar-refractivity contribution in [1.29, 1.82) is 0 Å². The Morgan fingerprint density at radius 3 is 2.78 bits per heavy atom. The second kappa shape index (κ2) is 7.39. The van der Waals surface area contributed by atoms with E-state index in [0.29, 0.717) is 17.2 Å². The van der Waals surface area contributed by atoms with Gasteiger partial charge < -0.3 is 10.1 Å². The first-order chi connectivity index (χ1) is 11.2. The number of carbonyl (C=O) groups excluding carboxylic acids is 1. The molecule has 1 fully saturated rings. The van der Waals surface area contributed by atoms with Gasteiger partial charge in [0.2, 0.25) is 0 Å². The van der Waals surface area contributed by atoms with Crippen molar-refractivity contribution >= 4 is 34.0 Å². The third kappa shape index (κ3) is 4.18. The number of hydrogen-bond donors (Lipinski definition) is 3. The number of ether oxygens (including phenoxy) is 1. The van der Waals surface area contributed by atoms with Crippen molar-refractivity contribution in [2.75, 3.05) is 13.2 Å². The van der Waals surface area contributed by atoms with Gasteiger partial charge in [-0.1, -0.05) is 30.3 Å². The number of nitrogens with one attached hydrogen (secondary N) is 3. The van der Waals surface area contributed by atoms with Crippen molar-refractivity contribution in [2.45, 2.75) is 18.9 Å². The van der Waals surface area contributed by atoms with E-state index in [-0.39, 0.29) is 12.0 Å². The molecule has 5 nitrogen and oxygen atoms in total. The number of amides is 1. The van der Waals surface area contributed by atoms with Crippen LogP contribution in [0.1, 0.15) is 23.2 Å². The molecule has 1 aliphatic rings. The fraction of sp³-hybridized carbons (Fsp3) is 0.294. The summed E-state index contributed by atoms with van der Waals surface area (Å²) in [6, 6.07) is 13.5. The van der Waals surface area contributed by atoms with Crippen LogP contribution in [0.3, 0.4) is 0 Å². The maximum atomic E-state index is 12.2. The lowest BCUT2D eigenvalue weighted by atomic mass is 10.1. The van der Waals surface area contributed by atoms with Crippen molar-refractivity contribution in [3.8, 4) is 0 Å². The molecule has 120 valence electrons. The number of thiocarbonyl (C=S) groups is 1. The maximum absolute atomic E-state index is 12.2. The highest BCUT2D eigenvalue weighted by atomic mass is 32.1. The minimum absolute atomic E-state index is 0.200. The molecule has 2 aromatic carbocycles. The van der Waals surface area contributed by atoms with Crippen molar-refractivity contribution < 1.29 is 9.53 Å². The first kappa shape index (κ1) is 15.7. The van der Waals surface area contributed by atoms with E-state index in [1.165, 1.54) is 0 Å². The van der Waals surface area contributed by atoms with Crippen LogP contribution in [0.4, 0.5) is 0 Å². The standard InChI is InChI=1S/C17H19N3O2S/c21-16(14-8-7-12-4-1-2-5-13(12)10-14)19-20-17(23)18-11-15-6-3-9-22-15/h1-2,4-5,7-8,10,15H,3,6,9,11H2,(H,19,21)(H2,18,20,23)/t15-/m0/s1. The molecule has 0 radical (unpaired) electrons. The number of fused-ring (bicyclic) bond motifs is 1. The summed E-state index contributed by atoms with van der Waals surface area (Å²) in [6.07, 6.45) is 2.33. The van der Waals surface area contributed by atoms with E-state index in [1.807, 2.05) is 36.4 Å². The highest BCUT2D eigenvalue weighted by Crippen LogP contribution is 2.15. The molecule has 1 aliphatic heterocycles. The molecule has 1 heterocycles. The zero-order chi connectivity index (χ0) is 16.1. The molecule has 3 rings (SSSR count). The average Bonchev–Trinajstić information content (AvgIpc) is 3.11. The lowest BCUT2D eigenvalue weighted by Gasteiger charge is -2.14. The first-order valence-corrected chi connectivity index (χ1v) is 8.08. The van der Waals surface area contributed by atoms with Crippen LogP contribution in [0.5, 0.6) is 0 Å².